The lowest BCUT2D eigenvalue weighted by molar-refractivity contribution is 0.616. The normalized spacial score (nSPS) is 11.0. The Hall–Kier alpha value is -1.37. The minimum atomic E-state index is -0.236. The van der Waals surface area contributed by atoms with Gasteiger partial charge in [-0.2, -0.15) is 0 Å². The number of benzene rings is 2. The average molecular weight is 413 g/mol. The third-order valence-corrected chi connectivity index (χ3v) is 5.21. The van der Waals surface area contributed by atoms with Crippen LogP contribution in [0.3, 0.4) is 0 Å². The highest BCUT2D eigenvalue weighted by Gasteiger charge is 2.14. The molecule has 2 aromatic carbocycles. The summed E-state index contributed by atoms with van der Waals surface area (Å²) in [6, 6.07) is 12.5. The molecule has 3 nitrogen and oxygen atoms in total. The van der Waals surface area contributed by atoms with Gasteiger partial charge in [0.15, 0.2) is 11.0 Å². The van der Waals surface area contributed by atoms with Crippen LogP contribution in [0.4, 0.5) is 4.39 Å². The third-order valence-electron chi connectivity index (χ3n) is 3.32. The van der Waals surface area contributed by atoms with Crippen LogP contribution in [0.2, 0.25) is 5.02 Å². The highest BCUT2D eigenvalue weighted by Crippen LogP contribution is 2.30. The summed E-state index contributed by atoms with van der Waals surface area (Å²) in [5.74, 6) is 0.933. The van der Waals surface area contributed by atoms with Crippen LogP contribution < -0.4 is 0 Å². The molecule has 0 amide bonds. The molecule has 0 fully saturated rings. The molecule has 0 saturated heterocycles. The number of halogens is 3. The summed E-state index contributed by atoms with van der Waals surface area (Å²) in [5.41, 5.74) is 1.45. The Labute approximate surface area is 151 Å². The van der Waals surface area contributed by atoms with Gasteiger partial charge in [0.05, 0.1) is 5.02 Å². The summed E-state index contributed by atoms with van der Waals surface area (Å²) in [6.45, 7) is 0. The van der Waals surface area contributed by atoms with Crippen LogP contribution in [0.25, 0.3) is 11.4 Å². The van der Waals surface area contributed by atoms with Crippen molar-refractivity contribution in [2.24, 2.45) is 7.05 Å². The molecule has 0 bridgehead atoms. The first-order valence-electron chi connectivity index (χ1n) is 6.77. The molecule has 1 heterocycles. The maximum absolute atomic E-state index is 13.9. The Bertz CT molecular complexity index is 853. The fraction of sp³-hybridized carbons (Fsp3) is 0.125. The average Bonchev–Trinajstić information content (AvgIpc) is 2.88. The van der Waals surface area contributed by atoms with Gasteiger partial charge in [-0.3, -0.25) is 0 Å². The molecule has 0 aliphatic rings. The first kappa shape index (κ1) is 16.5. The van der Waals surface area contributed by atoms with E-state index in [1.165, 1.54) is 17.8 Å². The second-order valence-corrected chi connectivity index (χ2v) is 7.13. The molecule has 23 heavy (non-hydrogen) atoms. The molecule has 0 aliphatic carbocycles. The number of hydrogen-bond donors (Lipinski definition) is 0. The molecule has 3 aromatic rings. The predicted molar refractivity (Wildman–Crippen MR) is 95.1 cm³/mol. The van der Waals surface area contributed by atoms with E-state index in [9.17, 15) is 4.39 Å². The first-order valence-corrected chi connectivity index (χ1v) is 8.93. The van der Waals surface area contributed by atoms with Crippen molar-refractivity contribution in [1.29, 1.82) is 0 Å². The van der Waals surface area contributed by atoms with Crippen molar-refractivity contribution < 1.29 is 4.39 Å². The van der Waals surface area contributed by atoms with E-state index in [0.29, 0.717) is 27.3 Å². The summed E-state index contributed by atoms with van der Waals surface area (Å²) in [5, 5.41) is 9.72. The lowest BCUT2D eigenvalue weighted by atomic mass is 10.2. The van der Waals surface area contributed by atoms with E-state index in [-0.39, 0.29) is 5.82 Å². The zero-order valence-corrected chi connectivity index (χ0v) is 15.3. The molecule has 7 heteroatoms. The van der Waals surface area contributed by atoms with Gasteiger partial charge >= 0.3 is 0 Å². The van der Waals surface area contributed by atoms with Gasteiger partial charge in [-0.1, -0.05) is 57.5 Å². The van der Waals surface area contributed by atoms with Gasteiger partial charge < -0.3 is 4.57 Å². The highest BCUT2D eigenvalue weighted by molar-refractivity contribution is 9.10. The SMILES string of the molecule is Cn1c(SCc2ccc(Br)cc2F)nnc1-c1ccccc1Cl. The Morgan fingerprint density at radius 3 is 2.74 bits per heavy atom. The summed E-state index contributed by atoms with van der Waals surface area (Å²) in [6.07, 6.45) is 0. The van der Waals surface area contributed by atoms with Crippen molar-refractivity contribution in [3.63, 3.8) is 0 Å². The van der Waals surface area contributed by atoms with E-state index in [2.05, 4.69) is 26.1 Å². The fourth-order valence-corrected chi connectivity index (χ4v) is 3.55. The zero-order chi connectivity index (χ0) is 16.4. The lowest BCUT2D eigenvalue weighted by Crippen LogP contribution is -1.96. The molecule has 0 spiro atoms. The summed E-state index contributed by atoms with van der Waals surface area (Å²) in [4.78, 5) is 0. The molecule has 118 valence electrons. The highest BCUT2D eigenvalue weighted by atomic mass is 79.9. The number of aromatic nitrogens is 3. The van der Waals surface area contributed by atoms with Gasteiger partial charge in [0.25, 0.3) is 0 Å². The van der Waals surface area contributed by atoms with E-state index >= 15 is 0 Å². The second kappa shape index (κ2) is 7.03. The van der Waals surface area contributed by atoms with Crippen molar-refractivity contribution in [2.45, 2.75) is 10.9 Å². The molecular weight excluding hydrogens is 401 g/mol. The Morgan fingerprint density at radius 2 is 2.00 bits per heavy atom. The summed E-state index contributed by atoms with van der Waals surface area (Å²) in [7, 11) is 1.87. The second-order valence-electron chi connectivity index (χ2n) is 4.87. The lowest BCUT2D eigenvalue weighted by Gasteiger charge is -2.06. The number of rotatable bonds is 4. The first-order chi connectivity index (χ1) is 11.1. The minimum absolute atomic E-state index is 0.236. The van der Waals surface area contributed by atoms with Crippen molar-refractivity contribution in [3.8, 4) is 11.4 Å². The maximum atomic E-state index is 13.9. The Balaban J connectivity index is 1.81. The predicted octanol–water partition coefficient (Wildman–Crippen LogP) is 5.33. The molecular formula is C16H12BrClFN3S. The van der Waals surface area contributed by atoms with E-state index in [1.54, 1.807) is 6.07 Å². The van der Waals surface area contributed by atoms with Crippen molar-refractivity contribution >= 4 is 39.3 Å². The minimum Gasteiger partial charge on any atom is -0.305 e. The standard InChI is InChI=1S/C16H12BrClFN3S/c1-22-15(12-4-2-3-5-13(12)18)20-21-16(22)23-9-10-6-7-11(17)8-14(10)19/h2-8H,9H2,1H3. The van der Waals surface area contributed by atoms with Crippen LogP contribution in [0.1, 0.15) is 5.56 Å². The molecule has 0 unspecified atom stereocenters. The summed E-state index contributed by atoms with van der Waals surface area (Å²) >= 11 is 10.9. The molecule has 0 atom stereocenters. The Morgan fingerprint density at radius 1 is 1.22 bits per heavy atom. The van der Waals surface area contributed by atoms with Crippen LogP contribution in [0.5, 0.6) is 0 Å². The largest absolute Gasteiger partial charge is 0.305 e. The van der Waals surface area contributed by atoms with Gasteiger partial charge in [0.2, 0.25) is 0 Å². The number of nitrogens with zero attached hydrogens (tertiary/aromatic N) is 3. The van der Waals surface area contributed by atoms with E-state index < -0.39 is 0 Å². The fourth-order valence-electron chi connectivity index (χ4n) is 2.10. The van der Waals surface area contributed by atoms with E-state index in [1.807, 2.05) is 41.9 Å². The van der Waals surface area contributed by atoms with E-state index in [4.69, 9.17) is 11.6 Å². The maximum Gasteiger partial charge on any atom is 0.191 e. The topological polar surface area (TPSA) is 30.7 Å². The number of hydrogen-bond acceptors (Lipinski definition) is 3. The quantitative estimate of drug-likeness (QED) is 0.543. The molecule has 1 aromatic heterocycles. The van der Waals surface area contributed by atoms with Crippen molar-refractivity contribution in [1.82, 2.24) is 14.8 Å². The van der Waals surface area contributed by atoms with Crippen molar-refractivity contribution in [3.05, 3.63) is 63.3 Å². The molecule has 0 saturated carbocycles. The monoisotopic (exact) mass is 411 g/mol. The van der Waals surface area contributed by atoms with Gasteiger partial charge in [0, 0.05) is 22.8 Å². The van der Waals surface area contributed by atoms with Crippen LogP contribution in [-0.4, -0.2) is 14.8 Å². The third kappa shape index (κ3) is 3.59. The zero-order valence-electron chi connectivity index (χ0n) is 12.1. The molecule has 3 rings (SSSR count). The molecule has 0 radical (unpaired) electrons. The van der Waals surface area contributed by atoms with Crippen LogP contribution in [0, 0.1) is 5.82 Å². The molecule has 0 aliphatic heterocycles. The van der Waals surface area contributed by atoms with E-state index in [0.717, 1.165) is 10.0 Å². The van der Waals surface area contributed by atoms with Crippen LogP contribution >= 0.6 is 39.3 Å². The number of thioether (sulfide) groups is 1. The van der Waals surface area contributed by atoms with Crippen molar-refractivity contribution in [2.75, 3.05) is 0 Å². The van der Waals surface area contributed by atoms with Gasteiger partial charge in [0.1, 0.15) is 5.82 Å². The summed E-state index contributed by atoms with van der Waals surface area (Å²) < 4.78 is 16.5. The molecule has 0 N–H and O–H groups in total. The Kier molecular flexibility index (Phi) is 5.04. The smallest absolute Gasteiger partial charge is 0.191 e. The van der Waals surface area contributed by atoms with Gasteiger partial charge in [-0.05, 0) is 29.8 Å². The van der Waals surface area contributed by atoms with Crippen LogP contribution in [0.15, 0.2) is 52.1 Å². The van der Waals surface area contributed by atoms with Gasteiger partial charge in [-0.25, -0.2) is 4.39 Å². The van der Waals surface area contributed by atoms with Gasteiger partial charge in [-0.15, -0.1) is 10.2 Å². The van der Waals surface area contributed by atoms with Crippen LogP contribution in [-0.2, 0) is 12.8 Å².